The van der Waals surface area contributed by atoms with Crippen molar-refractivity contribution in [3.8, 4) is 0 Å². The van der Waals surface area contributed by atoms with Gasteiger partial charge in [-0.2, -0.15) is 0 Å². The highest BCUT2D eigenvalue weighted by Crippen LogP contribution is 2.32. The molecule has 9 heteroatoms. The predicted octanol–water partition coefficient (Wildman–Crippen LogP) is 1.94. The molecule has 0 aliphatic carbocycles. The molecule has 3 amide bonds. The zero-order valence-electron chi connectivity index (χ0n) is 22.6. The van der Waals surface area contributed by atoms with Crippen LogP contribution in [0, 0.1) is 5.92 Å². The number of fused-ring (bicyclic) bond motifs is 1. The summed E-state index contributed by atoms with van der Waals surface area (Å²) in [5, 5.41) is 6.28. The Kier molecular flexibility index (Phi) is 7.97. The number of anilines is 1. The first-order valence-electron chi connectivity index (χ1n) is 13.9. The largest absolute Gasteiger partial charge is 0.369 e. The Morgan fingerprint density at radius 1 is 0.923 bits per heavy atom. The Morgan fingerprint density at radius 2 is 1.62 bits per heavy atom. The molecule has 2 aromatic rings. The van der Waals surface area contributed by atoms with E-state index >= 15 is 0 Å². The van der Waals surface area contributed by atoms with E-state index < -0.39 is 12.1 Å². The Labute approximate surface area is 229 Å². The Bertz CT molecular complexity index is 1210. The molecule has 3 fully saturated rings. The lowest BCUT2D eigenvalue weighted by Crippen LogP contribution is -2.53. The number of amides is 3. The monoisotopic (exact) mass is 531 g/mol. The van der Waals surface area contributed by atoms with Crippen molar-refractivity contribution in [1.82, 2.24) is 20.4 Å². The van der Waals surface area contributed by atoms with Gasteiger partial charge < -0.3 is 25.3 Å². The number of likely N-dealkylation sites (tertiary alicyclic amines) is 2. The highest BCUT2D eigenvalue weighted by Gasteiger charge is 2.52. The second-order valence-corrected chi connectivity index (χ2v) is 11.0. The molecule has 5 rings (SSSR count). The predicted molar refractivity (Wildman–Crippen MR) is 149 cm³/mol. The van der Waals surface area contributed by atoms with E-state index in [0.717, 1.165) is 31.9 Å². The van der Waals surface area contributed by atoms with Crippen molar-refractivity contribution in [2.24, 2.45) is 5.92 Å². The fourth-order valence-corrected chi connectivity index (χ4v) is 5.97. The van der Waals surface area contributed by atoms with Gasteiger partial charge >= 0.3 is 0 Å². The minimum absolute atomic E-state index is 0.00647. The number of nitrogens with zero attached hydrogens (tertiary/aromatic N) is 3. The van der Waals surface area contributed by atoms with Gasteiger partial charge in [-0.3, -0.25) is 19.2 Å². The summed E-state index contributed by atoms with van der Waals surface area (Å²) < 4.78 is 0. The SMILES string of the molecule is CC(C)CC(NC(=O)c1ccc(N2CCNCC2)cc1)C(=O)N1CCC2C1C(=O)CN2C(=O)c1ccccc1. The minimum atomic E-state index is -0.754. The van der Waals surface area contributed by atoms with Crippen LogP contribution in [0.1, 0.15) is 47.4 Å². The molecule has 0 saturated carbocycles. The maximum atomic E-state index is 13.8. The number of carbonyl (C=O) groups is 4. The number of Topliss-reactive ketones (excluding diaryl/α,β-unsaturated/α-hetero) is 1. The van der Waals surface area contributed by atoms with Crippen LogP contribution in [-0.2, 0) is 9.59 Å². The summed E-state index contributed by atoms with van der Waals surface area (Å²) in [4.78, 5) is 58.7. The van der Waals surface area contributed by atoms with E-state index in [9.17, 15) is 19.2 Å². The number of piperazine rings is 1. The molecular weight excluding hydrogens is 494 g/mol. The average Bonchev–Trinajstić information content (AvgIpc) is 3.54. The molecule has 3 saturated heterocycles. The van der Waals surface area contributed by atoms with Crippen molar-refractivity contribution in [2.45, 2.75) is 44.8 Å². The molecule has 0 spiro atoms. The highest BCUT2D eigenvalue weighted by atomic mass is 16.2. The van der Waals surface area contributed by atoms with Crippen molar-refractivity contribution in [2.75, 3.05) is 44.2 Å². The third-order valence-corrected chi connectivity index (χ3v) is 7.91. The maximum absolute atomic E-state index is 13.8. The highest BCUT2D eigenvalue weighted by molar-refractivity contribution is 6.03. The lowest BCUT2D eigenvalue weighted by Gasteiger charge is -2.30. The number of hydrogen-bond acceptors (Lipinski definition) is 6. The lowest BCUT2D eigenvalue weighted by molar-refractivity contribution is -0.138. The summed E-state index contributed by atoms with van der Waals surface area (Å²) in [7, 11) is 0. The molecule has 206 valence electrons. The van der Waals surface area contributed by atoms with Crippen molar-refractivity contribution in [3.05, 3.63) is 65.7 Å². The van der Waals surface area contributed by atoms with Crippen LogP contribution in [0.5, 0.6) is 0 Å². The Hall–Kier alpha value is -3.72. The smallest absolute Gasteiger partial charge is 0.254 e. The van der Waals surface area contributed by atoms with Gasteiger partial charge in [0, 0.05) is 49.5 Å². The molecule has 3 atom stereocenters. The second-order valence-electron chi connectivity index (χ2n) is 11.0. The van der Waals surface area contributed by atoms with Gasteiger partial charge in [0.05, 0.1) is 12.6 Å². The van der Waals surface area contributed by atoms with Crippen molar-refractivity contribution in [1.29, 1.82) is 0 Å². The fourth-order valence-electron chi connectivity index (χ4n) is 5.97. The van der Waals surface area contributed by atoms with Gasteiger partial charge in [-0.05, 0) is 55.2 Å². The molecule has 2 aromatic carbocycles. The summed E-state index contributed by atoms with van der Waals surface area (Å²) in [6, 6.07) is 14.6. The summed E-state index contributed by atoms with van der Waals surface area (Å²) in [5.41, 5.74) is 2.09. The van der Waals surface area contributed by atoms with Gasteiger partial charge in [-0.15, -0.1) is 0 Å². The van der Waals surface area contributed by atoms with Crippen LogP contribution >= 0.6 is 0 Å². The maximum Gasteiger partial charge on any atom is 0.254 e. The quantitative estimate of drug-likeness (QED) is 0.566. The van der Waals surface area contributed by atoms with Crippen molar-refractivity contribution in [3.63, 3.8) is 0 Å². The first kappa shape index (κ1) is 26.9. The number of hydrogen-bond donors (Lipinski definition) is 2. The summed E-state index contributed by atoms with van der Waals surface area (Å²) in [6.45, 7) is 8.07. The van der Waals surface area contributed by atoms with Crippen molar-refractivity contribution < 1.29 is 19.2 Å². The minimum Gasteiger partial charge on any atom is -0.369 e. The van der Waals surface area contributed by atoms with E-state index in [-0.39, 0.29) is 42.0 Å². The zero-order valence-corrected chi connectivity index (χ0v) is 22.6. The Morgan fingerprint density at radius 3 is 2.28 bits per heavy atom. The first-order chi connectivity index (χ1) is 18.8. The molecule has 3 aliphatic rings. The number of nitrogens with one attached hydrogen (secondary N) is 2. The number of ketones is 1. The van der Waals surface area contributed by atoms with Crippen LogP contribution < -0.4 is 15.5 Å². The van der Waals surface area contributed by atoms with Gasteiger partial charge in [-0.25, -0.2) is 0 Å². The van der Waals surface area contributed by atoms with Crippen LogP contribution in [-0.4, -0.2) is 90.7 Å². The van der Waals surface area contributed by atoms with Crippen LogP contribution in [0.2, 0.25) is 0 Å². The molecule has 2 N–H and O–H groups in total. The molecule has 9 nitrogen and oxygen atoms in total. The van der Waals surface area contributed by atoms with Crippen LogP contribution in [0.25, 0.3) is 0 Å². The summed E-state index contributed by atoms with van der Waals surface area (Å²) >= 11 is 0. The first-order valence-corrected chi connectivity index (χ1v) is 13.9. The molecule has 0 radical (unpaired) electrons. The van der Waals surface area contributed by atoms with Crippen LogP contribution in [0.4, 0.5) is 5.69 Å². The number of rotatable bonds is 7. The number of benzene rings is 2. The summed E-state index contributed by atoms with van der Waals surface area (Å²) in [6.07, 6.45) is 0.995. The topological polar surface area (TPSA) is 102 Å². The molecule has 3 heterocycles. The Balaban J connectivity index is 1.28. The van der Waals surface area contributed by atoms with E-state index in [4.69, 9.17) is 0 Å². The van der Waals surface area contributed by atoms with E-state index in [1.54, 1.807) is 46.2 Å². The van der Waals surface area contributed by atoms with Crippen molar-refractivity contribution >= 4 is 29.2 Å². The fraction of sp³-hybridized carbons (Fsp3) is 0.467. The molecule has 3 aliphatic heterocycles. The van der Waals surface area contributed by atoms with Crippen LogP contribution in [0.15, 0.2) is 54.6 Å². The molecule has 3 unspecified atom stereocenters. The third-order valence-electron chi connectivity index (χ3n) is 7.91. The molecule has 0 bridgehead atoms. The van der Waals surface area contributed by atoms with Crippen LogP contribution in [0.3, 0.4) is 0 Å². The zero-order chi connectivity index (χ0) is 27.5. The van der Waals surface area contributed by atoms with E-state index in [2.05, 4.69) is 15.5 Å². The number of carbonyl (C=O) groups excluding carboxylic acids is 4. The van der Waals surface area contributed by atoms with E-state index in [1.807, 2.05) is 32.0 Å². The van der Waals surface area contributed by atoms with E-state index in [0.29, 0.717) is 30.5 Å². The lowest BCUT2D eigenvalue weighted by atomic mass is 10.0. The standard InChI is InChI=1S/C30H37N5O4/c1-20(2)18-24(32-28(37)21-8-10-23(11-9-21)33-16-13-31-14-17-33)30(39)34-15-12-25-27(34)26(36)19-35(25)29(38)22-6-4-3-5-7-22/h3-11,20,24-25,27,31H,12-19H2,1-2H3,(H,32,37). The second kappa shape index (κ2) is 11.6. The van der Waals surface area contributed by atoms with Gasteiger partial charge in [0.2, 0.25) is 5.91 Å². The molecule has 39 heavy (non-hydrogen) atoms. The average molecular weight is 532 g/mol. The molecule has 0 aromatic heterocycles. The van der Waals surface area contributed by atoms with Gasteiger partial charge in [0.25, 0.3) is 11.8 Å². The molecular formula is C30H37N5O4. The third kappa shape index (κ3) is 5.68. The summed E-state index contributed by atoms with van der Waals surface area (Å²) in [5.74, 6) is -0.738. The normalized spacial score (nSPS) is 21.7. The van der Waals surface area contributed by atoms with E-state index in [1.165, 1.54) is 0 Å². The van der Waals surface area contributed by atoms with Gasteiger partial charge in [0.15, 0.2) is 5.78 Å². The van der Waals surface area contributed by atoms with Gasteiger partial charge in [-0.1, -0.05) is 32.0 Å². The van der Waals surface area contributed by atoms with Gasteiger partial charge in [0.1, 0.15) is 12.1 Å².